The van der Waals surface area contributed by atoms with Gasteiger partial charge in [-0.2, -0.15) is 0 Å². The summed E-state index contributed by atoms with van der Waals surface area (Å²) in [5.74, 6) is 0.497. The quantitative estimate of drug-likeness (QED) is 0.0797. The highest BCUT2D eigenvalue weighted by Gasteiger charge is 2.30. The lowest BCUT2D eigenvalue weighted by atomic mass is 10.0. The second-order valence-corrected chi connectivity index (χ2v) is 10.9. The third-order valence-corrected chi connectivity index (χ3v) is 7.78. The molecule has 1 saturated heterocycles. The van der Waals surface area contributed by atoms with Crippen molar-refractivity contribution in [3.05, 3.63) is 54.3 Å². The summed E-state index contributed by atoms with van der Waals surface area (Å²) in [7, 11) is 1.66. The zero-order chi connectivity index (χ0) is 29.1. The van der Waals surface area contributed by atoms with Crippen molar-refractivity contribution in [1.29, 1.82) is 0 Å². The molecule has 1 aromatic heterocycles. The maximum atomic E-state index is 12.7. The summed E-state index contributed by atoms with van der Waals surface area (Å²) in [6.45, 7) is 2.55. The van der Waals surface area contributed by atoms with Gasteiger partial charge in [0.1, 0.15) is 5.75 Å². The van der Waals surface area contributed by atoms with Crippen LogP contribution in [-0.2, 0) is 20.7 Å². The number of H-pyrrole nitrogens is 1. The number of esters is 1. The van der Waals surface area contributed by atoms with E-state index in [1.54, 1.807) is 12.0 Å². The summed E-state index contributed by atoms with van der Waals surface area (Å²) in [6, 6.07) is 6.00. The molecule has 7 heteroatoms. The zero-order valence-electron chi connectivity index (χ0n) is 25.2. The van der Waals surface area contributed by atoms with Crippen LogP contribution in [-0.4, -0.2) is 48.4 Å². The van der Waals surface area contributed by atoms with Crippen molar-refractivity contribution < 1.29 is 23.8 Å². The van der Waals surface area contributed by atoms with Crippen LogP contribution in [0, 0.1) is 0 Å². The van der Waals surface area contributed by atoms with E-state index >= 15 is 0 Å². The van der Waals surface area contributed by atoms with Crippen LogP contribution in [0.15, 0.2) is 48.7 Å². The molecule has 0 aliphatic carbocycles. The highest BCUT2D eigenvalue weighted by atomic mass is 16.7. The molecule has 1 amide bonds. The zero-order valence-corrected chi connectivity index (χ0v) is 25.2. The van der Waals surface area contributed by atoms with E-state index in [0.29, 0.717) is 13.0 Å². The minimum Gasteiger partial charge on any atom is -0.497 e. The molecule has 3 rings (SSSR count). The van der Waals surface area contributed by atoms with Gasteiger partial charge in [0.2, 0.25) is 6.79 Å². The Balaban J connectivity index is 1.22. The van der Waals surface area contributed by atoms with Crippen molar-refractivity contribution in [2.24, 2.45) is 0 Å². The van der Waals surface area contributed by atoms with Gasteiger partial charge in [-0.15, -0.1) is 0 Å². The van der Waals surface area contributed by atoms with Gasteiger partial charge in [0, 0.05) is 36.1 Å². The number of benzene rings is 1. The average molecular weight is 567 g/mol. The fourth-order valence-electron chi connectivity index (χ4n) is 5.38. The fraction of sp³-hybridized carbons (Fsp3) is 0.588. The number of nitrogens with one attached hydrogen (secondary N) is 1. The summed E-state index contributed by atoms with van der Waals surface area (Å²) in [5.41, 5.74) is 2.19. The Morgan fingerprint density at radius 3 is 2.51 bits per heavy atom. The Morgan fingerprint density at radius 1 is 0.976 bits per heavy atom. The van der Waals surface area contributed by atoms with Crippen molar-refractivity contribution in [2.45, 2.75) is 109 Å². The smallest absolute Gasteiger partial charge is 0.412 e. The van der Waals surface area contributed by atoms with Crippen LogP contribution in [0.1, 0.15) is 102 Å². The van der Waals surface area contributed by atoms with Crippen molar-refractivity contribution in [3.63, 3.8) is 0 Å². The van der Waals surface area contributed by atoms with Gasteiger partial charge in [-0.05, 0) is 81.5 Å². The molecule has 1 unspecified atom stereocenters. The van der Waals surface area contributed by atoms with Crippen molar-refractivity contribution >= 4 is 23.0 Å². The predicted octanol–water partition coefficient (Wildman–Crippen LogP) is 8.63. The Bertz CT molecular complexity index is 1110. The number of aromatic amines is 1. The standard InChI is InChI=1S/C34H50N2O5/c1-3-4-5-6-7-8-9-10-11-12-13-14-15-16-17-20-33(37)40-27-41-34(38)36-23-18-19-29(36)24-28-26-35-32-22-21-30(39-2)25-31(28)32/h7-8,10-11,21-22,25-26,29,35H,3-6,9,12-20,23-24,27H2,1-2H3/b8-7-,11-10-. The molecule has 0 saturated carbocycles. The van der Waals surface area contributed by atoms with E-state index in [1.165, 1.54) is 38.5 Å². The summed E-state index contributed by atoms with van der Waals surface area (Å²) in [4.78, 5) is 29.8. The molecule has 1 aliphatic rings. The molecule has 7 nitrogen and oxygen atoms in total. The van der Waals surface area contributed by atoms with Crippen molar-refractivity contribution in [1.82, 2.24) is 9.88 Å². The maximum Gasteiger partial charge on any atom is 0.412 e. The second kappa shape index (κ2) is 19.0. The molecule has 226 valence electrons. The molecule has 41 heavy (non-hydrogen) atoms. The van der Waals surface area contributed by atoms with Crippen molar-refractivity contribution in [2.75, 3.05) is 20.4 Å². The summed E-state index contributed by atoms with van der Waals surface area (Å²) >= 11 is 0. The number of carbonyl (C=O) groups is 2. The monoisotopic (exact) mass is 566 g/mol. The number of amides is 1. The van der Waals surface area contributed by atoms with Crippen LogP contribution in [0.3, 0.4) is 0 Å². The Labute approximate surface area is 246 Å². The van der Waals surface area contributed by atoms with E-state index in [2.05, 4.69) is 36.2 Å². The third-order valence-electron chi connectivity index (χ3n) is 7.78. The number of allylic oxidation sites excluding steroid dienone is 4. The van der Waals surface area contributed by atoms with Crippen molar-refractivity contribution in [3.8, 4) is 5.75 Å². The summed E-state index contributed by atoms with van der Waals surface area (Å²) in [5, 5.41) is 1.10. The molecule has 1 fully saturated rings. The highest BCUT2D eigenvalue weighted by molar-refractivity contribution is 5.84. The second-order valence-electron chi connectivity index (χ2n) is 10.9. The van der Waals surface area contributed by atoms with Crippen LogP contribution < -0.4 is 4.74 Å². The van der Waals surface area contributed by atoms with Crippen LogP contribution in [0.4, 0.5) is 4.79 Å². The molecular weight excluding hydrogens is 516 g/mol. The summed E-state index contributed by atoms with van der Waals surface area (Å²) in [6.07, 6.45) is 26.1. The van der Waals surface area contributed by atoms with Gasteiger partial charge in [-0.25, -0.2) is 4.79 Å². The van der Waals surface area contributed by atoms with Crippen LogP contribution in [0.5, 0.6) is 5.75 Å². The molecule has 2 heterocycles. The first kappa shape index (κ1) is 32.3. The van der Waals surface area contributed by atoms with E-state index in [1.807, 2.05) is 24.4 Å². The number of hydrogen-bond acceptors (Lipinski definition) is 5. The normalized spacial score (nSPS) is 15.4. The Morgan fingerprint density at radius 2 is 1.73 bits per heavy atom. The lowest BCUT2D eigenvalue weighted by Gasteiger charge is -2.23. The van der Waals surface area contributed by atoms with E-state index in [0.717, 1.165) is 73.6 Å². The molecule has 1 aromatic carbocycles. The predicted molar refractivity (Wildman–Crippen MR) is 165 cm³/mol. The minimum atomic E-state index is -0.422. The first-order chi connectivity index (χ1) is 20.1. The van der Waals surface area contributed by atoms with E-state index < -0.39 is 6.09 Å². The molecule has 0 spiro atoms. The Kier molecular flexibility index (Phi) is 15.0. The lowest BCUT2D eigenvalue weighted by Crippen LogP contribution is -2.37. The van der Waals surface area contributed by atoms with Gasteiger partial charge in [0.25, 0.3) is 0 Å². The number of unbranched alkanes of at least 4 members (excludes halogenated alkanes) is 8. The third kappa shape index (κ3) is 11.7. The molecular formula is C34H50N2O5. The lowest BCUT2D eigenvalue weighted by molar-refractivity contribution is -0.152. The first-order valence-electron chi connectivity index (χ1n) is 15.7. The molecule has 0 bridgehead atoms. The van der Waals surface area contributed by atoms with E-state index in [-0.39, 0.29) is 18.8 Å². The number of fused-ring (bicyclic) bond motifs is 1. The van der Waals surface area contributed by atoms with E-state index in [4.69, 9.17) is 14.2 Å². The molecule has 2 aromatic rings. The first-order valence-corrected chi connectivity index (χ1v) is 15.7. The van der Waals surface area contributed by atoms with Crippen LogP contribution in [0.25, 0.3) is 10.9 Å². The number of hydrogen-bond donors (Lipinski definition) is 1. The van der Waals surface area contributed by atoms with Gasteiger partial charge in [-0.3, -0.25) is 4.79 Å². The number of rotatable bonds is 19. The molecule has 1 aliphatic heterocycles. The van der Waals surface area contributed by atoms with Gasteiger partial charge in [-0.1, -0.05) is 63.3 Å². The Hall–Kier alpha value is -3.22. The van der Waals surface area contributed by atoms with Gasteiger partial charge in [0.05, 0.1) is 7.11 Å². The SMILES string of the molecule is CCCCC/C=C\C/C=C\CCCCCCCC(=O)OCOC(=O)N1CCCC1Cc1c[nH]c2ccc(OC)cc12. The topological polar surface area (TPSA) is 80.9 Å². The molecule has 1 N–H and O–H groups in total. The maximum absolute atomic E-state index is 12.7. The van der Waals surface area contributed by atoms with Crippen LogP contribution >= 0.6 is 0 Å². The van der Waals surface area contributed by atoms with Gasteiger partial charge >= 0.3 is 12.1 Å². The number of aromatic nitrogens is 1. The summed E-state index contributed by atoms with van der Waals surface area (Å²) < 4.78 is 15.8. The number of likely N-dealkylation sites (tertiary alicyclic amines) is 1. The number of ether oxygens (including phenoxy) is 3. The van der Waals surface area contributed by atoms with Gasteiger partial charge < -0.3 is 24.1 Å². The number of nitrogens with zero attached hydrogens (tertiary/aromatic N) is 1. The number of methoxy groups -OCH3 is 1. The van der Waals surface area contributed by atoms with Crippen LogP contribution in [0.2, 0.25) is 0 Å². The highest BCUT2D eigenvalue weighted by Crippen LogP contribution is 2.28. The largest absolute Gasteiger partial charge is 0.497 e. The molecule has 0 radical (unpaired) electrons. The average Bonchev–Trinajstić information content (AvgIpc) is 3.62. The minimum absolute atomic E-state index is 0.0519. The number of carbonyl (C=O) groups excluding carboxylic acids is 2. The van der Waals surface area contributed by atoms with E-state index in [9.17, 15) is 9.59 Å². The fourth-order valence-corrected chi connectivity index (χ4v) is 5.38. The molecule has 1 atom stereocenters. The van der Waals surface area contributed by atoms with Gasteiger partial charge in [0.15, 0.2) is 0 Å².